The van der Waals surface area contributed by atoms with Gasteiger partial charge in [-0.05, 0) is 19.5 Å². The van der Waals surface area contributed by atoms with Crippen LogP contribution >= 0.6 is 0 Å². The molecule has 2 heterocycles. The molecule has 0 unspecified atom stereocenters. The van der Waals surface area contributed by atoms with Crippen molar-refractivity contribution in [1.82, 2.24) is 20.2 Å². The standard InChI is InChI=1S/C11H17FN4/c1-13-6-10-5-9(12)7-16(10)8-11-14-3-2-4-15-11/h2-4,9-10,13H,5-8H2,1H3/t9-,10+/m0/s1. The van der Waals surface area contributed by atoms with Crippen LogP contribution in [-0.2, 0) is 6.54 Å². The maximum Gasteiger partial charge on any atom is 0.142 e. The number of likely N-dealkylation sites (N-methyl/N-ethyl adjacent to an activating group) is 1. The van der Waals surface area contributed by atoms with Gasteiger partial charge in [-0.1, -0.05) is 0 Å². The molecule has 5 heteroatoms. The predicted molar refractivity (Wildman–Crippen MR) is 59.7 cm³/mol. The summed E-state index contributed by atoms with van der Waals surface area (Å²) in [4.78, 5) is 10.4. The second kappa shape index (κ2) is 5.32. The van der Waals surface area contributed by atoms with Gasteiger partial charge in [0.1, 0.15) is 12.0 Å². The normalized spacial score (nSPS) is 26.1. The van der Waals surface area contributed by atoms with Crippen LogP contribution in [-0.4, -0.2) is 47.2 Å². The van der Waals surface area contributed by atoms with E-state index in [1.165, 1.54) is 0 Å². The molecule has 2 atom stereocenters. The molecule has 1 aromatic rings. The van der Waals surface area contributed by atoms with Gasteiger partial charge in [0.2, 0.25) is 0 Å². The topological polar surface area (TPSA) is 41.0 Å². The number of aromatic nitrogens is 2. The van der Waals surface area contributed by atoms with Crippen molar-refractivity contribution in [2.24, 2.45) is 0 Å². The second-order valence-corrected chi connectivity index (χ2v) is 4.14. The van der Waals surface area contributed by atoms with E-state index in [4.69, 9.17) is 0 Å². The number of nitrogens with zero attached hydrogens (tertiary/aromatic N) is 3. The van der Waals surface area contributed by atoms with E-state index in [0.29, 0.717) is 19.5 Å². The molecule has 1 aromatic heterocycles. The van der Waals surface area contributed by atoms with Crippen molar-refractivity contribution in [3.05, 3.63) is 24.3 Å². The Morgan fingerprint density at radius 1 is 1.50 bits per heavy atom. The molecule has 0 aromatic carbocycles. The zero-order chi connectivity index (χ0) is 11.4. The van der Waals surface area contributed by atoms with Crippen molar-refractivity contribution in [2.45, 2.75) is 25.2 Å². The summed E-state index contributed by atoms with van der Waals surface area (Å²) in [7, 11) is 1.89. The first kappa shape index (κ1) is 11.4. The highest BCUT2D eigenvalue weighted by Crippen LogP contribution is 2.21. The van der Waals surface area contributed by atoms with E-state index in [-0.39, 0.29) is 6.04 Å². The van der Waals surface area contributed by atoms with Crippen LogP contribution in [0.25, 0.3) is 0 Å². The highest BCUT2D eigenvalue weighted by molar-refractivity contribution is 4.93. The Bertz CT molecular complexity index is 319. The average molecular weight is 224 g/mol. The molecule has 0 saturated carbocycles. The van der Waals surface area contributed by atoms with E-state index in [9.17, 15) is 4.39 Å². The molecule has 0 bridgehead atoms. The summed E-state index contributed by atoms with van der Waals surface area (Å²) in [5, 5.41) is 3.10. The molecule has 0 radical (unpaired) electrons. The fraction of sp³-hybridized carbons (Fsp3) is 0.636. The number of likely N-dealkylation sites (tertiary alicyclic amines) is 1. The maximum absolute atomic E-state index is 13.3. The molecule has 4 nitrogen and oxygen atoms in total. The van der Waals surface area contributed by atoms with Crippen LogP contribution < -0.4 is 5.32 Å². The molecule has 0 amide bonds. The Morgan fingerprint density at radius 3 is 2.94 bits per heavy atom. The zero-order valence-corrected chi connectivity index (χ0v) is 9.43. The van der Waals surface area contributed by atoms with Gasteiger partial charge in [-0.3, -0.25) is 4.90 Å². The minimum Gasteiger partial charge on any atom is -0.318 e. The Hall–Kier alpha value is -1.07. The molecule has 1 aliphatic rings. The highest BCUT2D eigenvalue weighted by atomic mass is 19.1. The lowest BCUT2D eigenvalue weighted by Gasteiger charge is -2.22. The van der Waals surface area contributed by atoms with E-state index in [0.717, 1.165) is 12.4 Å². The number of rotatable bonds is 4. The van der Waals surface area contributed by atoms with Crippen LogP contribution in [0, 0.1) is 0 Å². The van der Waals surface area contributed by atoms with Gasteiger partial charge in [0.05, 0.1) is 6.54 Å². The molecule has 1 fully saturated rings. The Balaban J connectivity index is 1.97. The average Bonchev–Trinajstić information content (AvgIpc) is 2.61. The molecule has 0 aliphatic carbocycles. The third-order valence-electron chi connectivity index (χ3n) is 2.88. The van der Waals surface area contributed by atoms with Crippen LogP contribution in [0.15, 0.2) is 18.5 Å². The highest BCUT2D eigenvalue weighted by Gasteiger charge is 2.31. The molecule has 1 saturated heterocycles. The van der Waals surface area contributed by atoms with Crippen LogP contribution in [0.4, 0.5) is 4.39 Å². The lowest BCUT2D eigenvalue weighted by atomic mass is 10.2. The lowest BCUT2D eigenvalue weighted by Crippen LogP contribution is -2.36. The first-order valence-corrected chi connectivity index (χ1v) is 5.58. The summed E-state index contributed by atoms with van der Waals surface area (Å²) in [6, 6.07) is 2.04. The van der Waals surface area contributed by atoms with Gasteiger partial charge in [0, 0.05) is 31.5 Å². The molecule has 16 heavy (non-hydrogen) atoms. The molecule has 1 N–H and O–H groups in total. The van der Waals surface area contributed by atoms with Gasteiger partial charge in [-0.15, -0.1) is 0 Å². The SMILES string of the molecule is CNC[C@H]1C[C@H](F)CN1Cc1ncccn1. The zero-order valence-electron chi connectivity index (χ0n) is 9.43. The first-order valence-electron chi connectivity index (χ1n) is 5.58. The number of hydrogen-bond donors (Lipinski definition) is 1. The van der Waals surface area contributed by atoms with Crippen LogP contribution in [0.1, 0.15) is 12.2 Å². The van der Waals surface area contributed by atoms with Crippen molar-refractivity contribution in [3.8, 4) is 0 Å². The summed E-state index contributed by atoms with van der Waals surface area (Å²) >= 11 is 0. The number of nitrogens with one attached hydrogen (secondary N) is 1. The molecular weight excluding hydrogens is 207 g/mol. The third-order valence-corrected chi connectivity index (χ3v) is 2.88. The third kappa shape index (κ3) is 2.74. The fourth-order valence-corrected chi connectivity index (χ4v) is 2.16. The monoisotopic (exact) mass is 224 g/mol. The number of alkyl halides is 1. The van der Waals surface area contributed by atoms with E-state index in [2.05, 4.69) is 20.2 Å². The van der Waals surface area contributed by atoms with E-state index >= 15 is 0 Å². The van der Waals surface area contributed by atoms with Gasteiger partial charge < -0.3 is 5.32 Å². The molecular formula is C11H17FN4. The molecule has 88 valence electrons. The van der Waals surface area contributed by atoms with Gasteiger partial charge >= 0.3 is 0 Å². The molecule has 2 rings (SSSR count). The van der Waals surface area contributed by atoms with Crippen molar-refractivity contribution in [2.75, 3.05) is 20.1 Å². The smallest absolute Gasteiger partial charge is 0.142 e. The number of halogens is 1. The summed E-state index contributed by atoms with van der Waals surface area (Å²) in [5.41, 5.74) is 0. The Labute approximate surface area is 94.9 Å². The Morgan fingerprint density at radius 2 is 2.25 bits per heavy atom. The minimum absolute atomic E-state index is 0.254. The van der Waals surface area contributed by atoms with Crippen molar-refractivity contribution >= 4 is 0 Å². The summed E-state index contributed by atoms with van der Waals surface area (Å²) in [6.07, 6.45) is 3.33. The largest absolute Gasteiger partial charge is 0.318 e. The van der Waals surface area contributed by atoms with Crippen LogP contribution in [0.5, 0.6) is 0 Å². The molecule has 0 spiro atoms. The first-order chi connectivity index (χ1) is 7.79. The summed E-state index contributed by atoms with van der Waals surface area (Å²) in [6.45, 7) is 1.94. The minimum atomic E-state index is -0.720. The number of hydrogen-bond acceptors (Lipinski definition) is 4. The maximum atomic E-state index is 13.3. The van der Waals surface area contributed by atoms with Crippen LogP contribution in [0.2, 0.25) is 0 Å². The van der Waals surface area contributed by atoms with Crippen molar-refractivity contribution < 1.29 is 4.39 Å². The van der Waals surface area contributed by atoms with E-state index < -0.39 is 6.17 Å². The lowest BCUT2D eigenvalue weighted by molar-refractivity contribution is 0.227. The Kier molecular flexibility index (Phi) is 3.79. The fourth-order valence-electron chi connectivity index (χ4n) is 2.16. The van der Waals surface area contributed by atoms with Crippen LogP contribution in [0.3, 0.4) is 0 Å². The van der Waals surface area contributed by atoms with Gasteiger partial charge in [-0.25, -0.2) is 14.4 Å². The second-order valence-electron chi connectivity index (χ2n) is 4.14. The van der Waals surface area contributed by atoms with Gasteiger partial charge in [-0.2, -0.15) is 0 Å². The van der Waals surface area contributed by atoms with Crippen molar-refractivity contribution in [3.63, 3.8) is 0 Å². The summed E-state index contributed by atoms with van der Waals surface area (Å²) < 4.78 is 13.3. The summed E-state index contributed by atoms with van der Waals surface area (Å²) in [5.74, 6) is 0.762. The van der Waals surface area contributed by atoms with Gasteiger partial charge in [0.15, 0.2) is 0 Å². The molecule has 1 aliphatic heterocycles. The predicted octanol–water partition coefficient (Wildman–Crippen LogP) is 0.608. The van der Waals surface area contributed by atoms with E-state index in [1.807, 2.05) is 7.05 Å². The van der Waals surface area contributed by atoms with Gasteiger partial charge in [0.25, 0.3) is 0 Å². The van der Waals surface area contributed by atoms with Crippen molar-refractivity contribution in [1.29, 1.82) is 0 Å². The van der Waals surface area contributed by atoms with E-state index in [1.54, 1.807) is 18.5 Å². The quantitative estimate of drug-likeness (QED) is 0.813.